The average Bonchev–Trinajstić information content (AvgIpc) is 3.21. The summed E-state index contributed by atoms with van der Waals surface area (Å²) < 4.78 is 11.4. The number of benzene rings is 1. The fourth-order valence-corrected chi connectivity index (χ4v) is 3.23. The van der Waals surface area contributed by atoms with Crippen LogP contribution in [0.5, 0.6) is 0 Å². The lowest BCUT2D eigenvalue weighted by Gasteiger charge is -2.25. The van der Waals surface area contributed by atoms with Gasteiger partial charge in [0.2, 0.25) is 0 Å². The third-order valence-electron chi connectivity index (χ3n) is 4.01. The van der Waals surface area contributed by atoms with Crippen LogP contribution in [0.1, 0.15) is 21.8 Å². The third-order valence-corrected chi connectivity index (χ3v) is 4.69. The maximum atomic E-state index is 12.6. The summed E-state index contributed by atoms with van der Waals surface area (Å²) >= 11 is 9.16. The Morgan fingerprint density at radius 3 is 2.71 bits per heavy atom. The number of carbonyl (C=O) groups is 1. The van der Waals surface area contributed by atoms with Crippen molar-refractivity contribution in [3.63, 3.8) is 0 Å². The largest absolute Gasteiger partial charge is 0.444 e. The van der Waals surface area contributed by atoms with Crippen LogP contribution in [0.2, 0.25) is 5.02 Å². The summed E-state index contributed by atoms with van der Waals surface area (Å²) in [6.07, 6.45) is 0.653. The van der Waals surface area contributed by atoms with Gasteiger partial charge in [0.25, 0.3) is 5.91 Å². The van der Waals surface area contributed by atoms with Crippen LogP contribution < -0.4 is 0 Å². The van der Waals surface area contributed by atoms with Gasteiger partial charge >= 0.3 is 0 Å². The Morgan fingerprint density at radius 2 is 2.00 bits per heavy atom. The highest BCUT2D eigenvalue weighted by Crippen LogP contribution is 2.31. The van der Waals surface area contributed by atoms with Crippen LogP contribution in [-0.4, -0.2) is 22.5 Å². The predicted octanol–water partition coefficient (Wildman–Crippen LogP) is 4.55. The van der Waals surface area contributed by atoms with Crippen LogP contribution in [0, 0.1) is 0 Å². The summed E-state index contributed by atoms with van der Waals surface area (Å²) in [6.45, 7) is 1.02. The molecule has 0 saturated heterocycles. The zero-order valence-corrected chi connectivity index (χ0v) is 14.8. The Hall–Kier alpha value is -2.05. The molecule has 3 heterocycles. The van der Waals surface area contributed by atoms with Crippen LogP contribution in [0.25, 0.3) is 11.3 Å². The Bertz CT molecular complexity index is 901. The number of halogens is 2. The van der Waals surface area contributed by atoms with Gasteiger partial charge in [-0.05, 0) is 52.3 Å². The molecule has 1 amide bonds. The molecule has 0 aliphatic carbocycles. The van der Waals surface area contributed by atoms with E-state index in [9.17, 15) is 4.79 Å². The van der Waals surface area contributed by atoms with Crippen LogP contribution in [0.3, 0.4) is 0 Å². The Balaban J connectivity index is 1.63. The molecule has 2 aromatic heterocycles. The van der Waals surface area contributed by atoms with Crippen molar-refractivity contribution in [2.75, 3.05) is 6.54 Å². The number of fused-ring (bicyclic) bond motifs is 1. The lowest BCUT2D eigenvalue weighted by Crippen LogP contribution is -2.35. The summed E-state index contributed by atoms with van der Waals surface area (Å²) in [7, 11) is 0. The lowest BCUT2D eigenvalue weighted by molar-refractivity contribution is 0.0701. The highest BCUT2D eigenvalue weighted by atomic mass is 79.9. The molecule has 0 bridgehead atoms. The van der Waals surface area contributed by atoms with Gasteiger partial charge in [0, 0.05) is 29.1 Å². The standard InChI is InChI=1S/C17H12BrClN2O3/c18-15-6-5-14(23-15)17(22)21-8-7-13-12(9-21)16(24-20-13)10-1-3-11(19)4-2-10/h1-6H,7-9H2. The number of carbonyl (C=O) groups excluding carboxylic acids is 1. The maximum Gasteiger partial charge on any atom is 0.289 e. The SMILES string of the molecule is O=C(c1ccc(Br)o1)N1CCc2noc(-c3ccc(Cl)cc3)c2C1. The van der Waals surface area contributed by atoms with Crippen molar-refractivity contribution in [2.24, 2.45) is 0 Å². The zero-order valence-electron chi connectivity index (χ0n) is 12.5. The van der Waals surface area contributed by atoms with Gasteiger partial charge in [0.1, 0.15) is 0 Å². The van der Waals surface area contributed by atoms with E-state index in [1.54, 1.807) is 29.2 Å². The van der Waals surface area contributed by atoms with Crippen LogP contribution in [-0.2, 0) is 13.0 Å². The summed E-state index contributed by atoms with van der Waals surface area (Å²) in [4.78, 5) is 14.3. The minimum atomic E-state index is -0.144. The number of hydrogen-bond acceptors (Lipinski definition) is 4. The van der Waals surface area contributed by atoms with Crippen molar-refractivity contribution in [3.8, 4) is 11.3 Å². The minimum Gasteiger partial charge on any atom is -0.444 e. The first-order chi connectivity index (χ1) is 11.6. The molecule has 4 rings (SSSR count). The Kier molecular flexibility index (Phi) is 3.94. The normalized spacial score (nSPS) is 13.8. The number of furan rings is 1. The van der Waals surface area contributed by atoms with E-state index in [2.05, 4.69) is 21.1 Å². The molecule has 122 valence electrons. The molecule has 5 nitrogen and oxygen atoms in total. The number of amides is 1. The highest BCUT2D eigenvalue weighted by molar-refractivity contribution is 9.10. The molecule has 0 spiro atoms. The quantitative estimate of drug-likeness (QED) is 0.625. The first-order valence-electron chi connectivity index (χ1n) is 7.40. The van der Waals surface area contributed by atoms with E-state index in [1.807, 2.05) is 12.1 Å². The molecule has 0 unspecified atom stereocenters. The van der Waals surface area contributed by atoms with E-state index in [1.165, 1.54) is 0 Å². The van der Waals surface area contributed by atoms with Crippen molar-refractivity contribution < 1.29 is 13.7 Å². The van der Waals surface area contributed by atoms with Crippen LogP contribution >= 0.6 is 27.5 Å². The minimum absolute atomic E-state index is 0.144. The van der Waals surface area contributed by atoms with E-state index >= 15 is 0 Å². The van der Waals surface area contributed by atoms with Gasteiger partial charge in [-0.25, -0.2) is 0 Å². The average molecular weight is 408 g/mol. The van der Waals surface area contributed by atoms with Crippen molar-refractivity contribution in [3.05, 3.63) is 63.1 Å². The van der Waals surface area contributed by atoms with Gasteiger partial charge in [-0.2, -0.15) is 0 Å². The lowest BCUT2D eigenvalue weighted by atomic mass is 10.0. The van der Waals surface area contributed by atoms with Crippen molar-refractivity contribution in [1.82, 2.24) is 10.1 Å². The van der Waals surface area contributed by atoms with Crippen LogP contribution in [0.4, 0.5) is 0 Å². The fourth-order valence-electron chi connectivity index (χ4n) is 2.80. The predicted molar refractivity (Wildman–Crippen MR) is 91.8 cm³/mol. The van der Waals surface area contributed by atoms with E-state index in [4.69, 9.17) is 20.5 Å². The van der Waals surface area contributed by atoms with Gasteiger partial charge < -0.3 is 13.8 Å². The van der Waals surface area contributed by atoms with Gasteiger partial charge in [0.05, 0.1) is 12.2 Å². The second kappa shape index (κ2) is 6.11. The third kappa shape index (κ3) is 2.76. The first-order valence-corrected chi connectivity index (χ1v) is 8.57. The first kappa shape index (κ1) is 15.5. The molecule has 0 radical (unpaired) electrons. The molecule has 1 aromatic carbocycles. The Morgan fingerprint density at radius 1 is 1.21 bits per heavy atom. The summed E-state index contributed by atoms with van der Waals surface area (Å²) in [5.41, 5.74) is 2.72. The smallest absolute Gasteiger partial charge is 0.289 e. The summed E-state index contributed by atoms with van der Waals surface area (Å²) in [5, 5.41) is 4.81. The molecule has 0 atom stereocenters. The highest BCUT2D eigenvalue weighted by Gasteiger charge is 2.29. The zero-order chi connectivity index (χ0) is 16.7. The monoisotopic (exact) mass is 406 g/mol. The van der Waals surface area contributed by atoms with E-state index in [-0.39, 0.29) is 5.91 Å². The van der Waals surface area contributed by atoms with Crippen LogP contribution in [0.15, 0.2) is 50.0 Å². The number of rotatable bonds is 2. The van der Waals surface area contributed by atoms with Crippen molar-refractivity contribution >= 4 is 33.4 Å². The molecule has 0 N–H and O–H groups in total. The van der Waals surface area contributed by atoms with E-state index in [0.717, 1.165) is 16.8 Å². The second-order valence-electron chi connectivity index (χ2n) is 5.52. The van der Waals surface area contributed by atoms with Gasteiger partial charge in [0.15, 0.2) is 16.2 Å². The molecule has 3 aromatic rings. The molecule has 1 aliphatic rings. The topological polar surface area (TPSA) is 59.5 Å². The molecule has 1 aliphatic heterocycles. The van der Waals surface area contributed by atoms with Gasteiger partial charge in [-0.3, -0.25) is 4.79 Å². The molecule has 0 fully saturated rings. The summed E-state index contributed by atoms with van der Waals surface area (Å²) in [5.74, 6) is 0.851. The molecular formula is C17H12BrClN2O3. The van der Waals surface area contributed by atoms with E-state index in [0.29, 0.717) is 40.7 Å². The second-order valence-corrected chi connectivity index (χ2v) is 6.74. The van der Waals surface area contributed by atoms with Crippen molar-refractivity contribution in [1.29, 1.82) is 0 Å². The number of nitrogens with zero attached hydrogens (tertiary/aromatic N) is 2. The van der Waals surface area contributed by atoms with Gasteiger partial charge in [-0.1, -0.05) is 16.8 Å². The Labute approximate surface area is 151 Å². The van der Waals surface area contributed by atoms with Crippen molar-refractivity contribution in [2.45, 2.75) is 13.0 Å². The number of hydrogen-bond donors (Lipinski definition) is 0. The maximum absolute atomic E-state index is 12.6. The van der Waals surface area contributed by atoms with E-state index < -0.39 is 0 Å². The van der Waals surface area contributed by atoms with Gasteiger partial charge in [-0.15, -0.1) is 0 Å². The number of aromatic nitrogens is 1. The molecule has 0 saturated carbocycles. The fraction of sp³-hybridized carbons (Fsp3) is 0.176. The summed E-state index contributed by atoms with van der Waals surface area (Å²) in [6, 6.07) is 10.7. The molecule has 7 heteroatoms. The molecule has 24 heavy (non-hydrogen) atoms. The molecular weight excluding hydrogens is 396 g/mol.